The molecule has 0 aliphatic carbocycles. The molecule has 4 rings (SSSR count). The summed E-state index contributed by atoms with van der Waals surface area (Å²) in [6, 6.07) is 9.48. The third-order valence-corrected chi connectivity index (χ3v) is 7.40. The lowest BCUT2D eigenvalue weighted by atomic mass is 9.79. The first-order chi connectivity index (χ1) is 13.5. The topological polar surface area (TPSA) is 70.4 Å². The van der Waals surface area contributed by atoms with Gasteiger partial charge in [-0.3, -0.25) is 0 Å². The van der Waals surface area contributed by atoms with Gasteiger partial charge in [0.25, 0.3) is 10.0 Å². The SMILES string of the molecule is Cc1ccc(S(=O)(=O)n2c(F)c(B3OC(C)(C)C(C)(C)O3)c3cccnc32)cc1. The molecule has 0 saturated carbocycles. The second-order valence-corrected chi connectivity index (χ2v) is 10.0. The predicted octanol–water partition coefficient (Wildman–Crippen LogP) is 3.02. The van der Waals surface area contributed by atoms with Crippen molar-refractivity contribution in [3.63, 3.8) is 0 Å². The molecule has 152 valence electrons. The molecule has 3 heterocycles. The maximum Gasteiger partial charge on any atom is 0.500 e. The molecule has 9 heteroatoms. The Morgan fingerprint density at radius 1 is 1.03 bits per heavy atom. The maximum atomic E-state index is 15.7. The average Bonchev–Trinajstić information content (AvgIpc) is 3.04. The first-order valence-corrected chi connectivity index (χ1v) is 10.7. The molecule has 0 amide bonds. The molecule has 29 heavy (non-hydrogen) atoms. The van der Waals surface area contributed by atoms with Gasteiger partial charge in [-0.2, -0.15) is 8.36 Å². The van der Waals surface area contributed by atoms with Crippen LogP contribution in [0.15, 0.2) is 47.5 Å². The van der Waals surface area contributed by atoms with E-state index in [9.17, 15) is 8.42 Å². The lowest BCUT2D eigenvalue weighted by Crippen LogP contribution is -2.41. The van der Waals surface area contributed by atoms with Crippen molar-refractivity contribution in [2.24, 2.45) is 0 Å². The number of fused-ring (bicyclic) bond motifs is 1. The minimum Gasteiger partial charge on any atom is -0.399 e. The van der Waals surface area contributed by atoms with E-state index in [4.69, 9.17) is 9.31 Å². The number of aromatic nitrogens is 2. The molecule has 1 aliphatic rings. The summed E-state index contributed by atoms with van der Waals surface area (Å²) in [6.45, 7) is 9.26. The van der Waals surface area contributed by atoms with E-state index < -0.39 is 34.3 Å². The quantitative estimate of drug-likeness (QED) is 0.614. The van der Waals surface area contributed by atoms with E-state index in [1.807, 2.05) is 34.6 Å². The zero-order chi connectivity index (χ0) is 21.2. The highest BCUT2D eigenvalue weighted by atomic mass is 32.2. The van der Waals surface area contributed by atoms with Gasteiger partial charge in [0.1, 0.15) is 0 Å². The summed E-state index contributed by atoms with van der Waals surface area (Å²) < 4.78 is 54.8. The molecule has 0 radical (unpaired) electrons. The van der Waals surface area contributed by atoms with Crippen molar-refractivity contribution in [1.82, 2.24) is 8.96 Å². The Morgan fingerprint density at radius 2 is 1.62 bits per heavy atom. The van der Waals surface area contributed by atoms with Gasteiger partial charge in [0.2, 0.25) is 5.95 Å². The van der Waals surface area contributed by atoms with Crippen molar-refractivity contribution in [3.05, 3.63) is 54.1 Å². The highest BCUT2D eigenvalue weighted by Gasteiger charge is 2.54. The Balaban J connectivity index is 1.95. The van der Waals surface area contributed by atoms with Gasteiger partial charge in [0.15, 0.2) is 5.65 Å². The highest BCUT2D eigenvalue weighted by Crippen LogP contribution is 2.37. The molecular weight excluding hydrogens is 394 g/mol. The molecule has 6 nitrogen and oxygen atoms in total. The van der Waals surface area contributed by atoms with E-state index in [2.05, 4.69) is 4.98 Å². The Bertz CT molecular complexity index is 1190. The van der Waals surface area contributed by atoms with Crippen LogP contribution in [0.3, 0.4) is 0 Å². The van der Waals surface area contributed by atoms with Crippen molar-refractivity contribution >= 4 is 33.6 Å². The van der Waals surface area contributed by atoms with Crippen LogP contribution in [0.25, 0.3) is 11.0 Å². The minimum absolute atomic E-state index is 0.00436. The fraction of sp³-hybridized carbons (Fsp3) is 0.350. The van der Waals surface area contributed by atoms with E-state index in [0.717, 1.165) is 5.56 Å². The molecule has 0 spiro atoms. The predicted molar refractivity (Wildman–Crippen MR) is 109 cm³/mol. The zero-order valence-electron chi connectivity index (χ0n) is 16.9. The summed E-state index contributed by atoms with van der Waals surface area (Å²) >= 11 is 0. The number of halogens is 1. The van der Waals surface area contributed by atoms with Crippen LogP contribution < -0.4 is 5.46 Å². The first-order valence-electron chi connectivity index (χ1n) is 9.28. The second-order valence-electron chi connectivity index (χ2n) is 8.25. The lowest BCUT2D eigenvalue weighted by Gasteiger charge is -2.32. The van der Waals surface area contributed by atoms with E-state index in [1.54, 1.807) is 24.3 Å². The Hall–Kier alpha value is -2.23. The third kappa shape index (κ3) is 2.99. The maximum absolute atomic E-state index is 15.7. The van der Waals surface area contributed by atoms with Crippen molar-refractivity contribution < 1.29 is 22.1 Å². The van der Waals surface area contributed by atoms with Gasteiger partial charge in [-0.15, -0.1) is 0 Å². The monoisotopic (exact) mass is 416 g/mol. The number of rotatable bonds is 3. The number of hydrogen-bond donors (Lipinski definition) is 0. The average molecular weight is 416 g/mol. The van der Waals surface area contributed by atoms with Crippen molar-refractivity contribution in [3.8, 4) is 0 Å². The van der Waals surface area contributed by atoms with E-state index in [-0.39, 0.29) is 16.0 Å². The van der Waals surface area contributed by atoms with Crippen molar-refractivity contribution in [1.29, 1.82) is 0 Å². The molecule has 2 aromatic heterocycles. The van der Waals surface area contributed by atoms with Crippen LogP contribution in [0.4, 0.5) is 4.39 Å². The van der Waals surface area contributed by atoms with Gasteiger partial charge >= 0.3 is 7.12 Å². The van der Waals surface area contributed by atoms with Gasteiger partial charge in [-0.05, 0) is 58.9 Å². The normalized spacial score (nSPS) is 18.5. The summed E-state index contributed by atoms with van der Waals surface area (Å²) in [5.41, 5.74) is -0.469. The fourth-order valence-corrected chi connectivity index (χ4v) is 4.68. The highest BCUT2D eigenvalue weighted by molar-refractivity contribution is 7.90. The molecule has 0 unspecified atom stereocenters. The van der Waals surface area contributed by atoms with Gasteiger partial charge in [-0.25, -0.2) is 13.4 Å². The zero-order valence-corrected chi connectivity index (χ0v) is 17.7. The number of aryl methyl sites for hydroxylation is 1. The standard InChI is InChI=1S/C20H22BFN2O4S/c1-13-8-10-14(11-9-13)29(25,26)24-17(22)16(15-7-6-12-23-18(15)24)21-27-19(2,3)20(4,5)28-21/h6-12H,1-5H3. The molecule has 1 aliphatic heterocycles. The molecule has 1 aromatic carbocycles. The number of benzene rings is 1. The number of pyridine rings is 1. The van der Waals surface area contributed by atoms with Crippen LogP contribution >= 0.6 is 0 Å². The van der Waals surface area contributed by atoms with Crippen LogP contribution in [-0.4, -0.2) is 35.7 Å². The fourth-order valence-electron chi connectivity index (χ4n) is 3.30. The van der Waals surface area contributed by atoms with Crippen LogP contribution in [0.5, 0.6) is 0 Å². The Labute approximate surface area is 169 Å². The number of nitrogens with zero attached hydrogens (tertiary/aromatic N) is 2. The summed E-state index contributed by atoms with van der Waals surface area (Å²) in [7, 11) is -5.27. The molecule has 1 saturated heterocycles. The Morgan fingerprint density at radius 3 is 2.21 bits per heavy atom. The molecule has 0 N–H and O–H groups in total. The third-order valence-electron chi connectivity index (χ3n) is 5.72. The molecular formula is C20H22BFN2O4S. The molecule has 0 atom stereocenters. The van der Waals surface area contributed by atoms with Crippen LogP contribution in [0, 0.1) is 12.9 Å². The van der Waals surface area contributed by atoms with Crippen LogP contribution in [0.2, 0.25) is 0 Å². The first kappa shape index (κ1) is 20.1. The Kier molecular flexibility index (Phi) is 4.42. The summed E-state index contributed by atoms with van der Waals surface area (Å²) in [6.07, 6.45) is 1.43. The van der Waals surface area contributed by atoms with Gasteiger partial charge in [0.05, 0.1) is 16.1 Å². The van der Waals surface area contributed by atoms with Crippen molar-refractivity contribution in [2.45, 2.75) is 50.7 Å². The van der Waals surface area contributed by atoms with Gasteiger partial charge in [-0.1, -0.05) is 17.7 Å². The van der Waals surface area contributed by atoms with Gasteiger partial charge in [0, 0.05) is 17.0 Å². The smallest absolute Gasteiger partial charge is 0.399 e. The molecule has 1 fully saturated rings. The molecule has 0 bridgehead atoms. The van der Waals surface area contributed by atoms with Crippen molar-refractivity contribution in [2.75, 3.05) is 0 Å². The minimum atomic E-state index is -4.21. The lowest BCUT2D eigenvalue weighted by molar-refractivity contribution is 0.00578. The van der Waals surface area contributed by atoms with Crippen LogP contribution in [0.1, 0.15) is 33.3 Å². The second kappa shape index (κ2) is 6.39. The van der Waals surface area contributed by atoms with Gasteiger partial charge < -0.3 is 9.31 Å². The van der Waals surface area contributed by atoms with E-state index in [0.29, 0.717) is 9.36 Å². The largest absolute Gasteiger partial charge is 0.500 e. The summed E-state index contributed by atoms with van der Waals surface area (Å²) in [4.78, 5) is 4.13. The summed E-state index contributed by atoms with van der Waals surface area (Å²) in [5.74, 6) is -0.960. The molecule has 3 aromatic rings. The van der Waals surface area contributed by atoms with E-state index >= 15 is 4.39 Å². The summed E-state index contributed by atoms with van der Waals surface area (Å²) in [5, 5.41) is 0.333. The van der Waals surface area contributed by atoms with Crippen LogP contribution in [-0.2, 0) is 19.3 Å². The van der Waals surface area contributed by atoms with E-state index in [1.165, 1.54) is 18.3 Å². The number of hydrogen-bond acceptors (Lipinski definition) is 5.